The minimum atomic E-state index is 0.140. The van der Waals surface area contributed by atoms with Gasteiger partial charge in [0, 0.05) is 17.6 Å². The molecule has 0 bridgehead atoms. The molecule has 17 heavy (non-hydrogen) atoms. The minimum absolute atomic E-state index is 0.140. The third kappa shape index (κ3) is 4.30. The number of nitrogens with two attached hydrogens (primary N) is 1. The second kappa shape index (κ2) is 5.85. The molecule has 0 saturated heterocycles. The van der Waals surface area contributed by atoms with Crippen molar-refractivity contribution in [2.24, 2.45) is 11.1 Å². The third-order valence-electron chi connectivity index (χ3n) is 3.22. The molecule has 0 aromatic heterocycles. The standard InChI is InChI=1S/C14H23ClN2/c1-11(12-6-5-7-13(15)8-12)17(4)10-14(2,3)9-16/h5-8,11H,9-10,16H2,1-4H3. The lowest BCUT2D eigenvalue weighted by Gasteiger charge is -2.33. The van der Waals surface area contributed by atoms with Crippen molar-refractivity contribution < 1.29 is 0 Å². The second-order valence-electron chi connectivity index (χ2n) is 5.51. The topological polar surface area (TPSA) is 29.3 Å². The molecule has 0 fully saturated rings. The molecule has 1 unspecified atom stereocenters. The maximum absolute atomic E-state index is 6.02. The van der Waals surface area contributed by atoms with Crippen LogP contribution in [-0.2, 0) is 0 Å². The fourth-order valence-corrected chi connectivity index (χ4v) is 2.10. The van der Waals surface area contributed by atoms with Gasteiger partial charge in [0.15, 0.2) is 0 Å². The van der Waals surface area contributed by atoms with Crippen LogP contribution in [0.2, 0.25) is 5.02 Å². The van der Waals surface area contributed by atoms with Crippen LogP contribution in [-0.4, -0.2) is 25.0 Å². The van der Waals surface area contributed by atoms with Gasteiger partial charge in [-0.1, -0.05) is 37.6 Å². The van der Waals surface area contributed by atoms with Crippen LogP contribution >= 0.6 is 11.6 Å². The molecule has 1 aromatic rings. The van der Waals surface area contributed by atoms with E-state index in [1.54, 1.807) is 0 Å². The number of rotatable bonds is 5. The Kier molecular flexibility index (Phi) is 4.99. The van der Waals surface area contributed by atoms with Crippen molar-refractivity contribution in [3.05, 3.63) is 34.9 Å². The smallest absolute Gasteiger partial charge is 0.0409 e. The van der Waals surface area contributed by atoms with Crippen LogP contribution in [0.5, 0.6) is 0 Å². The highest BCUT2D eigenvalue weighted by molar-refractivity contribution is 6.30. The Balaban J connectivity index is 2.73. The highest BCUT2D eigenvalue weighted by Gasteiger charge is 2.21. The maximum Gasteiger partial charge on any atom is 0.0409 e. The Bertz CT molecular complexity index is 363. The summed E-state index contributed by atoms with van der Waals surface area (Å²) in [6.07, 6.45) is 0. The van der Waals surface area contributed by atoms with Crippen LogP contribution in [0.3, 0.4) is 0 Å². The first-order valence-electron chi connectivity index (χ1n) is 6.01. The van der Waals surface area contributed by atoms with E-state index in [4.69, 9.17) is 17.3 Å². The lowest BCUT2D eigenvalue weighted by molar-refractivity contribution is 0.174. The van der Waals surface area contributed by atoms with Crippen molar-refractivity contribution in [2.45, 2.75) is 26.8 Å². The van der Waals surface area contributed by atoms with Crippen LogP contribution < -0.4 is 5.73 Å². The Morgan fingerprint density at radius 3 is 2.59 bits per heavy atom. The molecule has 0 heterocycles. The van der Waals surface area contributed by atoms with Crippen LogP contribution in [0.25, 0.3) is 0 Å². The van der Waals surface area contributed by atoms with E-state index in [1.165, 1.54) is 5.56 Å². The molecule has 2 nitrogen and oxygen atoms in total. The lowest BCUT2D eigenvalue weighted by atomic mass is 9.92. The zero-order valence-electron chi connectivity index (χ0n) is 11.2. The fourth-order valence-electron chi connectivity index (χ4n) is 1.90. The molecule has 0 aliphatic heterocycles. The van der Waals surface area contributed by atoms with Crippen LogP contribution in [0, 0.1) is 5.41 Å². The summed E-state index contributed by atoms with van der Waals surface area (Å²) in [5.41, 5.74) is 7.15. The highest BCUT2D eigenvalue weighted by atomic mass is 35.5. The van der Waals surface area contributed by atoms with Crippen molar-refractivity contribution in [1.29, 1.82) is 0 Å². The molecule has 1 aromatic carbocycles. The van der Waals surface area contributed by atoms with Gasteiger partial charge in [0.1, 0.15) is 0 Å². The zero-order valence-corrected chi connectivity index (χ0v) is 12.0. The van der Waals surface area contributed by atoms with Gasteiger partial charge in [0.2, 0.25) is 0 Å². The number of hydrogen-bond acceptors (Lipinski definition) is 2. The largest absolute Gasteiger partial charge is 0.330 e. The molecule has 96 valence electrons. The van der Waals surface area contributed by atoms with E-state index in [1.807, 2.05) is 18.2 Å². The fraction of sp³-hybridized carbons (Fsp3) is 0.571. The summed E-state index contributed by atoms with van der Waals surface area (Å²) in [7, 11) is 2.13. The van der Waals surface area contributed by atoms with Gasteiger partial charge < -0.3 is 5.73 Å². The molecule has 0 saturated carbocycles. The summed E-state index contributed by atoms with van der Waals surface area (Å²) >= 11 is 6.02. The molecule has 1 rings (SSSR count). The predicted molar refractivity (Wildman–Crippen MR) is 75.3 cm³/mol. The molecule has 2 N–H and O–H groups in total. The minimum Gasteiger partial charge on any atom is -0.330 e. The van der Waals surface area contributed by atoms with E-state index < -0.39 is 0 Å². The van der Waals surface area contributed by atoms with Gasteiger partial charge in [-0.25, -0.2) is 0 Å². The Morgan fingerprint density at radius 1 is 1.41 bits per heavy atom. The van der Waals surface area contributed by atoms with Gasteiger partial charge in [0.25, 0.3) is 0 Å². The predicted octanol–water partition coefficient (Wildman–Crippen LogP) is 3.32. The zero-order chi connectivity index (χ0) is 13.1. The summed E-state index contributed by atoms with van der Waals surface area (Å²) in [6.45, 7) is 8.23. The molecule has 0 spiro atoms. The van der Waals surface area contributed by atoms with Crippen molar-refractivity contribution in [2.75, 3.05) is 20.1 Å². The normalized spacial score (nSPS) is 14.1. The van der Waals surface area contributed by atoms with Gasteiger partial charge in [-0.2, -0.15) is 0 Å². The van der Waals surface area contributed by atoms with Crippen LogP contribution in [0.1, 0.15) is 32.4 Å². The summed E-state index contributed by atoms with van der Waals surface area (Å²) in [4.78, 5) is 2.32. The van der Waals surface area contributed by atoms with Crippen molar-refractivity contribution in [3.63, 3.8) is 0 Å². The number of halogens is 1. The molecule has 0 radical (unpaired) electrons. The van der Waals surface area contributed by atoms with E-state index in [2.05, 4.69) is 38.8 Å². The molecule has 0 aliphatic rings. The average Bonchev–Trinajstić information content (AvgIpc) is 2.27. The van der Waals surface area contributed by atoms with Gasteiger partial charge in [-0.3, -0.25) is 4.90 Å². The number of benzene rings is 1. The van der Waals surface area contributed by atoms with E-state index >= 15 is 0 Å². The van der Waals surface area contributed by atoms with Gasteiger partial charge in [-0.05, 0) is 43.6 Å². The first-order chi connectivity index (χ1) is 7.85. The SMILES string of the molecule is CC(c1cccc(Cl)c1)N(C)CC(C)(C)CN. The highest BCUT2D eigenvalue weighted by Crippen LogP contribution is 2.25. The second-order valence-corrected chi connectivity index (χ2v) is 5.95. The number of hydrogen-bond donors (Lipinski definition) is 1. The van der Waals surface area contributed by atoms with E-state index in [0.29, 0.717) is 12.6 Å². The molecule has 3 heteroatoms. The van der Waals surface area contributed by atoms with Gasteiger partial charge in [0.05, 0.1) is 0 Å². The van der Waals surface area contributed by atoms with Crippen LogP contribution in [0.15, 0.2) is 24.3 Å². The summed E-state index contributed by atoms with van der Waals surface area (Å²) in [5, 5.41) is 0.792. The van der Waals surface area contributed by atoms with E-state index in [-0.39, 0.29) is 5.41 Å². The first kappa shape index (κ1) is 14.5. The van der Waals surface area contributed by atoms with E-state index in [0.717, 1.165) is 11.6 Å². The van der Waals surface area contributed by atoms with Gasteiger partial charge in [-0.15, -0.1) is 0 Å². The summed E-state index contributed by atoms with van der Waals surface area (Å²) in [6, 6.07) is 8.39. The quantitative estimate of drug-likeness (QED) is 0.874. The maximum atomic E-state index is 6.02. The summed E-state index contributed by atoms with van der Waals surface area (Å²) in [5.74, 6) is 0. The molecular formula is C14H23ClN2. The Hall–Kier alpha value is -0.570. The summed E-state index contributed by atoms with van der Waals surface area (Å²) < 4.78 is 0. The van der Waals surface area contributed by atoms with Crippen molar-refractivity contribution in [3.8, 4) is 0 Å². The van der Waals surface area contributed by atoms with Crippen molar-refractivity contribution in [1.82, 2.24) is 4.90 Å². The Morgan fingerprint density at radius 2 is 2.06 bits per heavy atom. The van der Waals surface area contributed by atoms with Crippen LogP contribution in [0.4, 0.5) is 0 Å². The molecular weight excluding hydrogens is 232 g/mol. The Labute approximate surface area is 110 Å². The lowest BCUT2D eigenvalue weighted by Crippen LogP contribution is -2.37. The molecule has 1 atom stereocenters. The molecule has 0 aliphatic carbocycles. The molecule has 0 amide bonds. The van der Waals surface area contributed by atoms with Crippen molar-refractivity contribution >= 4 is 11.6 Å². The van der Waals surface area contributed by atoms with Gasteiger partial charge >= 0.3 is 0 Å². The third-order valence-corrected chi connectivity index (χ3v) is 3.46. The average molecular weight is 255 g/mol. The monoisotopic (exact) mass is 254 g/mol. The number of nitrogens with zero attached hydrogens (tertiary/aromatic N) is 1. The first-order valence-corrected chi connectivity index (χ1v) is 6.39. The van der Waals surface area contributed by atoms with E-state index in [9.17, 15) is 0 Å².